The van der Waals surface area contributed by atoms with Gasteiger partial charge in [-0.2, -0.15) is 4.98 Å². The molecular formula is C21H25N5O3S. The minimum Gasteiger partial charge on any atom is -0.354 e. The zero-order valence-electron chi connectivity index (χ0n) is 17.0. The largest absolute Gasteiger partial charge is 0.354 e. The van der Waals surface area contributed by atoms with E-state index in [9.17, 15) is 13.2 Å². The molecule has 0 spiro atoms. The van der Waals surface area contributed by atoms with Crippen LogP contribution in [0.25, 0.3) is 16.7 Å². The number of carbonyl (C=O) groups excluding carboxylic acids is 1. The van der Waals surface area contributed by atoms with Crippen molar-refractivity contribution in [3.8, 4) is 5.82 Å². The Hall–Kier alpha value is -2.94. The molecule has 0 radical (unpaired) electrons. The van der Waals surface area contributed by atoms with Gasteiger partial charge in [0.25, 0.3) is 0 Å². The van der Waals surface area contributed by atoms with E-state index >= 15 is 0 Å². The Balaban J connectivity index is 1.54. The molecule has 0 bridgehead atoms. The molecule has 1 fully saturated rings. The van der Waals surface area contributed by atoms with Crippen molar-refractivity contribution < 1.29 is 13.2 Å². The van der Waals surface area contributed by atoms with Crippen LogP contribution < -0.4 is 10.6 Å². The fourth-order valence-electron chi connectivity index (χ4n) is 4.07. The lowest BCUT2D eigenvalue weighted by atomic mass is 9.91. The maximum absolute atomic E-state index is 12.1. The van der Waals surface area contributed by atoms with E-state index in [1.54, 1.807) is 37.4 Å². The quantitative estimate of drug-likeness (QED) is 0.648. The molecule has 0 saturated heterocycles. The lowest BCUT2D eigenvalue weighted by Crippen LogP contribution is -2.39. The first kappa shape index (κ1) is 20.3. The van der Waals surface area contributed by atoms with Crippen molar-refractivity contribution in [3.05, 3.63) is 42.7 Å². The van der Waals surface area contributed by atoms with Crippen LogP contribution in [0.15, 0.2) is 47.6 Å². The second-order valence-corrected chi connectivity index (χ2v) is 9.76. The van der Waals surface area contributed by atoms with Gasteiger partial charge >= 0.3 is 0 Å². The predicted molar refractivity (Wildman–Crippen MR) is 115 cm³/mol. The number of nitrogens with one attached hydrogen (secondary N) is 2. The summed E-state index contributed by atoms with van der Waals surface area (Å²) in [6, 6.07) is 9.32. The van der Waals surface area contributed by atoms with Gasteiger partial charge in [0.2, 0.25) is 11.9 Å². The number of benzene rings is 1. The van der Waals surface area contributed by atoms with Crippen molar-refractivity contribution in [2.45, 2.75) is 49.6 Å². The molecule has 30 heavy (non-hydrogen) atoms. The van der Waals surface area contributed by atoms with Crippen molar-refractivity contribution in [1.82, 2.24) is 19.9 Å². The first-order valence-electron chi connectivity index (χ1n) is 9.98. The van der Waals surface area contributed by atoms with Crippen LogP contribution in [0.3, 0.4) is 0 Å². The zero-order valence-corrected chi connectivity index (χ0v) is 17.8. The van der Waals surface area contributed by atoms with Gasteiger partial charge in [-0.25, -0.2) is 13.4 Å². The zero-order chi connectivity index (χ0) is 21.3. The fraction of sp³-hybridized carbons (Fsp3) is 0.381. The third kappa shape index (κ3) is 4.30. The van der Waals surface area contributed by atoms with Crippen LogP contribution in [0, 0.1) is 0 Å². The number of fused-ring (bicyclic) bond motifs is 1. The van der Waals surface area contributed by atoms with E-state index in [2.05, 4.69) is 20.6 Å². The summed E-state index contributed by atoms with van der Waals surface area (Å²) in [6.07, 6.45) is 8.45. The number of rotatable bonds is 5. The Bertz CT molecular complexity index is 1180. The second-order valence-electron chi connectivity index (χ2n) is 7.78. The SMILES string of the molecule is CC(=O)NC1CCC(Nc2nccc(-n3ccc4c(S(C)(=O)=O)cccc43)n2)CC1. The standard InChI is InChI=1S/C21H25N5O3S/c1-14(27)23-15-6-8-16(9-7-15)24-21-22-12-10-20(25-21)26-13-11-17-18(26)4-3-5-19(17)30(2,28)29/h3-5,10-13,15-16H,6-9H2,1-2H3,(H,23,27)(H,22,24,25). The number of nitrogens with zero attached hydrogens (tertiary/aromatic N) is 3. The average Bonchev–Trinajstić information content (AvgIpc) is 3.13. The number of carbonyl (C=O) groups is 1. The van der Waals surface area contributed by atoms with Crippen LogP contribution in [0.5, 0.6) is 0 Å². The Labute approximate surface area is 175 Å². The van der Waals surface area contributed by atoms with E-state index < -0.39 is 9.84 Å². The van der Waals surface area contributed by atoms with Crippen molar-refractivity contribution in [2.75, 3.05) is 11.6 Å². The minimum absolute atomic E-state index is 0.0143. The van der Waals surface area contributed by atoms with E-state index in [1.807, 2.05) is 16.8 Å². The predicted octanol–water partition coefficient (Wildman–Crippen LogP) is 2.68. The molecule has 0 unspecified atom stereocenters. The number of anilines is 1. The van der Waals surface area contributed by atoms with Gasteiger partial charge in [-0.3, -0.25) is 4.79 Å². The molecule has 8 nitrogen and oxygen atoms in total. The van der Waals surface area contributed by atoms with Gasteiger partial charge in [-0.05, 0) is 49.9 Å². The molecule has 1 amide bonds. The first-order valence-corrected chi connectivity index (χ1v) is 11.9. The highest BCUT2D eigenvalue weighted by atomic mass is 32.2. The van der Waals surface area contributed by atoms with E-state index in [0.29, 0.717) is 22.0 Å². The summed E-state index contributed by atoms with van der Waals surface area (Å²) in [5, 5.41) is 7.05. The summed E-state index contributed by atoms with van der Waals surface area (Å²) in [7, 11) is -3.32. The molecule has 158 valence electrons. The van der Waals surface area contributed by atoms with E-state index in [0.717, 1.165) is 31.2 Å². The summed E-state index contributed by atoms with van der Waals surface area (Å²) in [5.74, 6) is 1.22. The van der Waals surface area contributed by atoms with Gasteiger partial charge < -0.3 is 15.2 Å². The molecule has 1 aliphatic carbocycles. The number of amides is 1. The lowest BCUT2D eigenvalue weighted by Gasteiger charge is -2.29. The van der Waals surface area contributed by atoms with Gasteiger partial charge in [0, 0.05) is 43.0 Å². The fourth-order valence-corrected chi connectivity index (χ4v) is 4.97. The number of aromatic nitrogens is 3. The van der Waals surface area contributed by atoms with Gasteiger partial charge in [-0.15, -0.1) is 0 Å². The topological polar surface area (TPSA) is 106 Å². The van der Waals surface area contributed by atoms with Gasteiger partial charge in [0.15, 0.2) is 9.84 Å². The minimum atomic E-state index is -3.32. The Morgan fingerprint density at radius 1 is 1.10 bits per heavy atom. The van der Waals surface area contributed by atoms with E-state index in [1.165, 1.54) is 6.26 Å². The third-order valence-corrected chi connectivity index (χ3v) is 6.60. The normalized spacial score (nSPS) is 19.5. The van der Waals surface area contributed by atoms with Crippen LogP contribution >= 0.6 is 0 Å². The highest BCUT2D eigenvalue weighted by Crippen LogP contribution is 2.27. The molecule has 2 heterocycles. The maximum atomic E-state index is 12.1. The van der Waals surface area contributed by atoms with Gasteiger partial charge in [-0.1, -0.05) is 6.07 Å². The lowest BCUT2D eigenvalue weighted by molar-refractivity contribution is -0.119. The summed E-state index contributed by atoms with van der Waals surface area (Å²) < 4.78 is 26.0. The highest BCUT2D eigenvalue weighted by Gasteiger charge is 2.22. The molecule has 9 heteroatoms. The molecule has 1 saturated carbocycles. The monoisotopic (exact) mass is 427 g/mol. The van der Waals surface area contributed by atoms with Crippen molar-refractivity contribution in [2.24, 2.45) is 0 Å². The van der Waals surface area contributed by atoms with Crippen LogP contribution in [-0.4, -0.2) is 47.2 Å². The summed E-state index contributed by atoms with van der Waals surface area (Å²) in [5.41, 5.74) is 0.776. The maximum Gasteiger partial charge on any atom is 0.224 e. The number of hydrogen-bond acceptors (Lipinski definition) is 6. The van der Waals surface area contributed by atoms with Crippen molar-refractivity contribution in [3.63, 3.8) is 0 Å². The number of hydrogen-bond donors (Lipinski definition) is 2. The molecule has 3 aromatic rings. The Morgan fingerprint density at radius 3 is 2.53 bits per heavy atom. The molecule has 2 aromatic heterocycles. The summed E-state index contributed by atoms with van der Waals surface area (Å²) in [4.78, 5) is 20.5. The molecule has 0 atom stereocenters. The highest BCUT2D eigenvalue weighted by molar-refractivity contribution is 7.91. The molecule has 1 aliphatic rings. The molecule has 4 rings (SSSR count). The summed E-state index contributed by atoms with van der Waals surface area (Å²) in [6.45, 7) is 1.55. The van der Waals surface area contributed by atoms with Crippen molar-refractivity contribution >= 4 is 32.6 Å². The van der Waals surface area contributed by atoms with Crippen LogP contribution in [-0.2, 0) is 14.6 Å². The van der Waals surface area contributed by atoms with Crippen LogP contribution in [0.1, 0.15) is 32.6 Å². The van der Waals surface area contributed by atoms with Gasteiger partial charge in [0.05, 0.1) is 10.4 Å². The number of sulfone groups is 1. The van der Waals surface area contributed by atoms with Crippen molar-refractivity contribution in [1.29, 1.82) is 0 Å². The van der Waals surface area contributed by atoms with Gasteiger partial charge in [0.1, 0.15) is 5.82 Å². The summed E-state index contributed by atoms with van der Waals surface area (Å²) >= 11 is 0. The first-order chi connectivity index (χ1) is 14.3. The molecule has 2 N–H and O–H groups in total. The van der Waals surface area contributed by atoms with Crippen LogP contribution in [0.4, 0.5) is 5.95 Å². The van der Waals surface area contributed by atoms with E-state index in [4.69, 9.17) is 0 Å². The average molecular weight is 428 g/mol. The molecular weight excluding hydrogens is 402 g/mol. The second kappa shape index (κ2) is 8.06. The van der Waals surface area contributed by atoms with Crippen LogP contribution in [0.2, 0.25) is 0 Å². The van der Waals surface area contributed by atoms with E-state index in [-0.39, 0.29) is 18.0 Å². The third-order valence-electron chi connectivity index (χ3n) is 5.45. The Morgan fingerprint density at radius 2 is 1.83 bits per heavy atom. The molecule has 0 aliphatic heterocycles. The smallest absolute Gasteiger partial charge is 0.224 e. The molecule has 1 aromatic carbocycles. The Kier molecular flexibility index (Phi) is 5.46.